The van der Waals surface area contributed by atoms with Crippen molar-refractivity contribution in [1.29, 1.82) is 0 Å². The van der Waals surface area contributed by atoms with Crippen LogP contribution >= 0.6 is 0 Å². The van der Waals surface area contributed by atoms with Gasteiger partial charge in [-0.1, -0.05) is 84.9 Å². The lowest BCUT2D eigenvalue weighted by Gasteiger charge is -2.42. The molecule has 4 aromatic carbocycles. The van der Waals surface area contributed by atoms with Crippen LogP contribution in [0.1, 0.15) is 5.56 Å². The zero-order chi connectivity index (χ0) is 28.8. The predicted octanol–water partition coefficient (Wildman–Crippen LogP) is 4.32. The SMILES string of the molecule is O[C@@H](COc1ccccc1)C[N+](Cc1ccccc1)(C[C@@H](O)COc1ccccc1)C[C@@H](O)COc1ccccc1. The number of ether oxygens (including phenoxy) is 3. The summed E-state index contributed by atoms with van der Waals surface area (Å²) < 4.78 is 17.7. The molecule has 0 aliphatic heterocycles. The summed E-state index contributed by atoms with van der Waals surface area (Å²) in [6.45, 7) is 1.43. The van der Waals surface area contributed by atoms with Gasteiger partial charge >= 0.3 is 0 Å². The minimum Gasteiger partial charge on any atom is -0.491 e. The van der Waals surface area contributed by atoms with Crippen molar-refractivity contribution in [1.82, 2.24) is 0 Å². The molecule has 0 radical (unpaired) electrons. The highest BCUT2D eigenvalue weighted by Crippen LogP contribution is 2.21. The van der Waals surface area contributed by atoms with Crippen molar-refractivity contribution < 1.29 is 34.0 Å². The van der Waals surface area contributed by atoms with E-state index in [9.17, 15) is 15.3 Å². The van der Waals surface area contributed by atoms with E-state index in [0.717, 1.165) is 5.56 Å². The van der Waals surface area contributed by atoms with E-state index in [0.29, 0.717) is 23.8 Å². The third-order valence-electron chi connectivity index (χ3n) is 6.71. The standard InChI is InChI=1S/C34H40NO6/c36-29(25-39-32-15-7-2-8-16-32)22-35(21-28-13-5-1-6-14-28,23-30(37)26-40-33-17-9-3-10-18-33)24-31(38)27-41-34-19-11-4-12-20-34/h1-20,29-31,36-38H,21-27H2/q+1/t29-,30-,31-/m1/s1. The van der Waals surface area contributed by atoms with Crippen molar-refractivity contribution >= 4 is 0 Å². The van der Waals surface area contributed by atoms with Crippen molar-refractivity contribution in [2.24, 2.45) is 0 Å². The summed E-state index contributed by atoms with van der Waals surface area (Å²) in [5, 5.41) is 33.6. The second kappa shape index (κ2) is 15.8. The average Bonchev–Trinajstić information content (AvgIpc) is 3.00. The molecule has 41 heavy (non-hydrogen) atoms. The highest BCUT2D eigenvalue weighted by Gasteiger charge is 2.36. The molecular weight excluding hydrogens is 518 g/mol. The first-order chi connectivity index (χ1) is 20.0. The highest BCUT2D eigenvalue weighted by atomic mass is 16.5. The van der Waals surface area contributed by atoms with Crippen LogP contribution in [0.15, 0.2) is 121 Å². The van der Waals surface area contributed by atoms with Crippen LogP contribution in [0.5, 0.6) is 17.2 Å². The van der Waals surface area contributed by atoms with E-state index in [-0.39, 0.29) is 43.9 Å². The zero-order valence-electron chi connectivity index (χ0n) is 23.2. The lowest BCUT2D eigenvalue weighted by atomic mass is 10.1. The van der Waals surface area contributed by atoms with Crippen LogP contribution in [-0.4, -0.2) is 77.6 Å². The van der Waals surface area contributed by atoms with E-state index in [1.54, 1.807) is 0 Å². The number of aliphatic hydroxyl groups excluding tert-OH is 3. The molecule has 216 valence electrons. The number of benzene rings is 4. The van der Waals surface area contributed by atoms with Crippen molar-refractivity contribution in [3.63, 3.8) is 0 Å². The van der Waals surface area contributed by atoms with E-state index in [1.807, 2.05) is 121 Å². The topological polar surface area (TPSA) is 88.4 Å². The van der Waals surface area contributed by atoms with E-state index in [4.69, 9.17) is 14.2 Å². The number of para-hydroxylation sites is 3. The average molecular weight is 559 g/mol. The molecule has 0 bridgehead atoms. The van der Waals surface area contributed by atoms with Crippen molar-refractivity contribution in [3.05, 3.63) is 127 Å². The van der Waals surface area contributed by atoms with Gasteiger partial charge in [-0.15, -0.1) is 0 Å². The molecule has 3 N–H and O–H groups in total. The Morgan fingerprint density at radius 3 is 1.05 bits per heavy atom. The molecule has 0 unspecified atom stereocenters. The maximum atomic E-state index is 11.2. The maximum Gasteiger partial charge on any atom is 0.137 e. The monoisotopic (exact) mass is 558 g/mol. The Morgan fingerprint density at radius 2 is 0.732 bits per heavy atom. The summed E-state index contributed by atoms with van der Waals surface area (Å²) >= 11 is 0. The molecule has 7 heteroatoms. The molecule has 4 aromatic rings. The van der Waals surface area contributed by atoms with Crippen LogP contribution in [0, 0.1) is 0 Å². The van der Waals surface area contributed by atoms with Crippen molar-refractivity contribution in [2.45, 2.75) is 24.9 Å². The molecule has 0 spiro atoms. The van der Waals surface area contributed by atoms with Gasteiger partial charge in [0.05, 0.1) is 0 Å². The fraction of sp³-hybridized carbons (Fsp3) is 0.294. The molecule has 7 nitrogen and oxygen atoms in total. The first kappa shape index (κ1) is 30.1. The van der Waals surface area contributed by atoms with Gasteiger partial charge < -0.3 is 34.0 Å². The van der Waals surface area contributed by atoms with Gasteiger partial charge in [-0.05, 0) is 36.4 Å². The predicted molar refractivity (Wildman–Crippen MR) is 159 cm³/mol. The third-order valence-corrected chi connectivity index (χ3v) is 6.71. The second-order valence-electron chi connectivity index (χ2n) is 10.4. The van der Waals surface area contributed by atoms with Crippen molar-refractivity contribution in [2.75, 3.05) is 39.5 Å². The van der Waals surface area contributed by atoms with Gasteiger partial charge in [0.2, 0.25) is 0 Å². The molecule has 0 aliphatic carbocycles. The number of aliphatic hydroxyl groups is 3. The quantitative estimate of drug-likeness (QED) is 0.167. The molecule has 0 aromatic heterocycles. The van der Waals surface area contributed by atoms with Gasteiger partial charge in [0, 0.05) is 5.56 Å². The lowest BCUT2D eigenvalue weighted by molar-refractivity contribution is -0.948. The summed E-state index contributed by atoms with van der Waals surface area (Å²) in [4.78, 5) is 0. The first-order valence-corrected chi connectivity index (χ1v) is 14.0. The number of nitrogens with zero attached hydrogens (tertiary/aromatic N) is 1. The summed E-state index contributed by atoms with van der Waals surface area (Å²) in [5.41, 5.74) is 1.02. The van der Waals surface area contributed by atoms with Gasteiger partial charge in [-0.2, -0.15) is 0 Å². The third kappa shape index (κ3) is 10.6. The number of hydrogen-bond donors (Lipinski definition) is 3. The molecule has 0 amide bonds. The highest BCUT2D eigenvalue weighted by molar-refractivity contribution is 5.22. The lowest BCUT2D eigenvalue weighted by Crippen LogP contribution is -2.60. The summed E-state index contributed by atoms with van der Waals surface area (Å²) in [6, 6.07) is 37.9. The molecule has 4 rings (SSSR count). The van der Waals surface area contributed by atoms with Crippen LogP contribution in [0.25, 0.3) is 0 Å². The maximum absolute atomic E-state index is 11.2. The second-order valence-corrected chi connectivity index (χ2v) is 10.4. The van der Waals surface area contributed by atoms with E-state index in [2.05, 4.69) is 0 Å². The van der Waals surface area contributed by atoms with Gasteiger partial charge in [-0.3, -0.25) is 0 Å². The Hall–Kier alpha value is -3.88. The van der Waals surface area contributed by atoms with Gasteiger partial charge in [0.25, 0.3) is 0 Å². The summed E-state index contributed by atoms with van der Waals surface area (Å²) in [7, 11) is 0. The van der Waals surface area contributed by atoms with Crippen LogP contribution < -0.4 is 14.2 Å². The number of hydrogen-bond acceptors (Lipinski definition) is 6. The van der Waals surface area contributed by atoms with E-state index >= 15 is 0 Å². The fourth-order valence-corrected chi connectivity index (χ4v) is 5.01. The molecule has 0 fully saturated rings. The van der Waals surface area contributed by atoms with E-state index < -0.39 is 18.3 Å². The molecule has 0 heterocycles. The zero-order valence-corrected chi connectivity index (χ0v) is 23.2. The van der Waals surface area contributed by atoms with E-state index in [1.165, 1.54) is 0 Å². The Labute approximate surface area is 242 Å². The smallest absolute Gasteiger partial charge is 0.137 e. The molecule has 0 saturated carbocycles. The molecular formula is C34H40NO6+. The van der Waals surface area contributed by atoms with Crippen LogP contribution in [0.4, 0.5) is 0 Å². The molecule has 3 atom stereocenters. The number of rotatable bonds is 17. The van der Waals surface area contributed by atoms with Crippen molar-refractivity contribution in [3.8, 4) is 17.2 Å². The Morgan fingerprint density at radius 1 is 0.439 bits per heavy atom. The van der Waals surface area contributed by atoms with Crippen LogP contribution in [0.3, 0.4) is 0 Å². The largest absolute Gasteiger partial charge is 0.491 e. The van der Waals surface area contributed by atoms with Gasteiger partial charge in [0.15, 0.2) is 0 Å². The van der Waals surface area contributed by atoms with Crippen LogP contribution in [0.2, 0.25) is 0 Å². The first-order valence-electron chi connectivity index (χ1n) is 14.0. The Kier molecular flexibility index (Phi) is 11.6. The fourth-order valence-electron chi connectivity index (χ4n) is 5.01. The Balaban J connectivity index is 1.52. The normalized spacial score (nSPS) is 13.6. The summed E-state index contributed by atoms with van der Waals surface area (Å²) in [6.07, 6.45) is -2.57. The van der Waals surface area contributed by atoms with Crippen LogP contribution in [-0.2, 0) is 6.54 Å². The Bertz CT molecular complexity index is 1120. The molecule has 0 aliphatic rings. The molecule has 0 saturated heterocycles. The summed E-state index contributed by atoms with van der Waals surface area (Å²) in [5.74, 6) is 2.00. The van der Waals surface area contributed by atoms with Gasteiger partial charge in [-0.25, -0.2) is 0 Å². The van der Waals surface area contributed by atoms with Gasteiger partial charge in [0.1, 0.15) is 81.6 Å². The minimum atomic E-state index is -0.858. The minimum absolute atomic E-state index is 0.0754. The number of quaternary nitrogens is 1.